The van der Waals surface area contributed by atoms with Crippen molar-refractivity contribution in [2.24, 2.45) is 0 Å². The van der Waals surface area contributed by atoms with Gasteiger partial charge in [0.25, 0.3) is 0 Å². The number of hydrogen-bond donors (Lipinski definition) is 0. The molecule has 30 heavy (non-hydrogen) atoms. The van der Waals surface area contributed by atoms with E-state index in [1.807, 2.05) is 93.0 Å². The molecule has 0 atom stereocenters. The topological polar surface area (TPSA) is 45.2 Å². The van der Waals surface area contributed by atoms with Crippen LogP contribution in [0.15, 0.2) is 78.9 Å². The number of hydroxylamine groups is 2. The third kappa shape index (κ3) is 3.87. The summed E-state index contributed by atoms with van der Waals surface area (Å²) < 4.78 is 6.09. The van der Waals surface area contributed by atoms with E-state index in [9.17, 15) is 4.79 Å². The minimum Gasteiger partial charge on any atom is -0.457 e. The zero-order valence-electron chi connectivity index (χ0n) is 17.4. The van der Waals surface area contributed by atoms with Crippen molar-refractivity contribution in [1.29, 1.82) is 0 Å². The van der Waals surface area contributed by atoms with E-state index < -0.39 is 6.04 Å². The summed E-state index contributed by atoms with van der Waals surface area (Å²) in [7, 11) is 5.36. The van der Waals surface area contributed by atoms with Crippen molar-refractivity contribution in [1.82, 2.24) is 15.1 Å². The summed E-state index contributed by atoms with van der Waals surface area (Å²) in [5, 5.41) is 4.69. The number of urea groups is 1. The fourth-order valence-electron chi connectivity index (χ4n) is 3.41. The molecule has 3 aromatic carbocycles. The van der Waals surface area contributed by atoms with E-state index in [1.54, 1.807) is 12.1 Å². The summed E-state index contributed by atoms with van der Waals surface area (Å²) in [6.45, 7) is 0.273. The van der Waals surface area contributed by atoms with E-state index in [2.05, 4.69) is 0 Å². The van der Waals surface area contributed by atoms with Gasteiger partial charge in [-0.1, -0.05) is 66.7 Å². The summed E-state index contributed by atoms with van der Waals surface area (Å²) in [4.78, 5) is 19.6. The smallest absolute Gasteiger partial charge is 0.359 e. The molecule has 6 nitrogen and oxygen atoms in total. The largest absolute Gasteiger partial charge is 0.457 e. The van der Waals surface area contributed by atoms with Crippen LogP contribution in [-0.2, 0) is 11.4 Å². The van der Waals surface area contributed by atoms with Crippen LogP contribution in [0.3, 0.4) is 0 Å². The van der Waals surface area contributed by atoms with E-state index in [0.717, 1.165) is 28.2 Å². The summed E-state index contributed by atoms with van der Waals surface area (Å²) >= 11 is 0. The van der Waals surface area contributed by atoms with Crippen LogP contribution in [0.4, 0.5) is 4.79 Å². The van der Waals surface area contributed by atoms with Gasteiger partial charge in [-0.15, -0.1) is 0 Å². The second kappa shape index (κ2) is 8.57. The fourth-order valence-corrected chi connectivity index (χ4v) is 3.41. The number of hydrazine groups is 1. The number of nitrogens with zero attached hydrogens (tertiary/aromatic N) is 3. The van der Waals surface area contributed by atoms with Crippen LogP contribution in [0.5, 0.6) is 11.5 Å². The normalized spacial score (nSPS) is 12.7. The Kier molecular flexibility index (Phi) is 5.70. The lowest BCUT2D eigenvalue weighted by molar-refractivity contribution is -0.163. The van der Waals surface area contributed by atoms with Gasteiger partial charge in [0.15, 0.2) is 0 Å². The van der Waals surface area contributed by atoms with Crippen LogP contribution >= 0.6 is 0 Å². The quantitative estimate of drug-likeness (QED) is 0.572. The Morgan fingerprint density at radius 2 is 1.37 bits per heavy atom. The summed E-state index contributed by atoms with van der Waals surface area (Å²) in [6, 6.07) is 24.6. The van der Waals surface area contributed by atoms with Gasteiger partial charge >= 0.3 is 6.03 Å². The first-order valence-electron chi connectivity index (χ1n) is 9.83. The average Bonchev–Trinajstić information content (AvgIpc) is 2.78. The van der Waals surface area contributed by atoms with Crippen LogP contribution in [0.25, 0.3) is 0 Å². The SMILES string of the molecule is CN(C)N(C)C(=O)N(OCc1ccccc1)C1c2ccccc2Oc2ccccc21. The van der Waals surface area contributed by atoms with E-state index in [-0.39, 0.29) is 12.6 Å². The zero-order valence-corrected chi connectivity index (χ0v) is 17.4. The molecule has 0 fully saturated rings. The third-order valence-electron chi connectivity index (χ3n) is 5.16. The van der Waals surface area contributed by atoms with Crippen molar-refractivity contribution in [3.05, 3.63) is 95.6 Å². The highest BCUT2D eigenvalue weighted by molar-refractivity contribution is 5.74. The Balaban J connectivity index is 1.77. The van der Waals surface area contributed by atoms with E-state index in [4.69, 9.17) is 9.57 Å². The van der Waals surface area contributed by atoms with Crippen LogP contribution in [0.1, 0.15) is 22.7 Å². The van der Waals surface area contributed by atoms with Crippen LogP contribution < -0.4 is 4.74 Å². The minimum atomic E-state index is -0.440. The molecule has 0 bridgehead atoms. The maximum absolute atomic E-state index is 13.5. The number of hydrogen-bond acceptors (Lipinski definition) is 4. The van der Waals surface area contributed by atoms with Gasteiger partial charge in [-0.25, -0.2) is 9.80 Å². The summed E-state index contributed by atoms with van der Waals surface area (Å²) in [5.74, 6) is 1.43. The highest BCUT2D eigenvalue weighted by atomic mass is 16.7. The lowest BCUT2D eigenvalue weighted by Crippen LogP contribution is -2.48. The number of para-hydroxylation sites is 2. The highest BCUT2D eigenvalue weighted by Gasteiger charge is 2.37. The van der Waals surface area contributed by atoms with Gasteiger partial charge < -0.3 is 4.74 Å². The number of ether oxygens (including phenoxy) is 1. The Labute approximate surface area is 176 Å². The first kappa shape index (κ1) is 19.9. The lowest BCUT2D eigenvalue weighted by Gasteiger charge is -2.38. The molecule has 0 radical (unpaired) electrons. The maximum Gasteiger partial charge on any atom is 0.359 e. The zero-order chi connectivity index (χ0) is 21.1. The Morgan fingerprint density at radius 3 is 1.93 bits per heavy atom. The van der Waals surface area contributed by atoms with Gasteiger partial charge in [0.2, 0.25) is 0 Å². The first-order valence-corrected chi connectivity index (χ1v) is 9.83. The standard InChI is InChI=1S/C24H25N3O3/c1-25(2)26(3)24(28)27(29-17-18-11-5-4-6-12-18)23-19-13-7-9-15-21(19)30-22-16-10-8-14-20(22)23/h4-16,23H,17H2,1-3H3. The van der Waals surface area contributed by atoms with E-state index >= 15 is 0 Å². The molecule has 0 spiro atoms. The van der Waals surface area contributed by atoms with E-state index in [1.165, 1.54) is 10.1 Å². The van der Waals surface area contributed by atoms with Crippen molar-refractivity contribution in [3.8, 4) is 11.5 Å². The average molecular weight is 403 g/mol. The van der Waals surface area contributed by atoms with Crippen molar-refractivity contribution >= 4 is 6.03 Å². The van der Waals surface area contributed by atoms with Gasteiger partial charge in [-0.05, 0) is 17.7 Å². The molecule has 3 aromatic rings. The molecule has 1 heterocycles. The number of rotatable bonds is 5. The molecule has 0 saturated heterocycles. The molecule has 0 saturated carbocycles. The van der Waals surface area contributed by atoms with Gasteiger partial charge in [-0.3, -0.25) is 9.85 Å². The van der Waals surface area contributed by atoms with Crippen molar-refractivity contribution in [2.45, 2.75) is 12.6 Å². The second-order valence-electron chi connectivity index (χ2n) is 7.32. The highest BCUT2D eigenvalue weighted by Crippen LogP contribution is 2.45. The number of carbonyl (C=O) groups is 1. The van der Waals surface area contributed by atoms with Gasteiger partial charge in [-0.2, -0.15) is 5.06 Å². The van der Waals surface area contributed by atoms with E-state index in [0.29, 0.717) is 0 Å². The second-order valence-corrected chi connectivity index (χ2v) is 7.32. The Bertz CT molecular complexity index is 977. The molecular formula is C24H25N3O3. The van der Waals surface area contributed by atoms with Crippen LogP contribution in [0, 0.1) is 0 Å². The molecule has 1 aliphatic heterocycles. The Morgan fingerprint density at radius 1 is 0.833 bits per heavy atom. The van der Waals surface area contributed by atoms with Crippen molar-refractivity contribution < 1.29 is 14.4 Å². The predicted molar refractivity (Wildman–Crippen MR) is 115 cm³/mol. The van der Waals surface area contributed by atoms with Crippen LogP contribution in [0.2, 0.25) is 0 Å². The number of fused-ring (bicyclic) bond motifs is 2. The third-order valence-corrected chi connectivity index (χ3v) is 5.16. The van der Waals surface area contributed by atoms with Gasteiger partial charge in [0.05, 0.1) is 0 Å². The monoisotopic (exact) mass is 403 g/mol. The molecule has 1 aliphatic rings. The Hall–Kier alpha value is -3.35. The molecule has 0 aromatic heterocycles. The lowest BCUT2D eigenvalue weighted by atomic mass is 9.94. The van der Waals surface area contributed by atoms with Crippen LogP contribution in [-0.4, -0.2) is 42.3 Å². The molecular weight excluding hydrogens is 378 g/mol. The number of carbonyl (C=O) groups excluding carboxylic acids is 1. The van der Waals surface area contributed by atoms with Gasteiger partial charge in [0, 0.05) is 32.3 Å². The molecule has 6 heteroatoms. The van der Waals surface area contributed by atoms with Crippen molar-refractivity contribution in [2.75, 3.05) is 21.1 Å². The minimum absolute atomic E-state index is 0.271. The summed E-state index contributed by atoms with van der Waals surface area (Å²) in [5.41, 5.74) is 2.74. The van der Waals surface area contributed by atoms with Gasteiger partial charge in [0.1, 0.15) is 24.1 Å². The number of amides is 2. The molecule has 154 valence electrons. The molecule has 0 unspecified atom stereocenters. The predicted octanol–water partition coefficient (Wildman–Crippen LogP) is 4.84. The first-order chi connectivity index (χ1) is 14.6. The fraction of sp³-hybridized carbons (Fsp3) is 0.208. The number of benzene rings is 3. The van der Waals surface area contributed by atoms with Crippen molar-refractivity contribution in [3.63, 3.8) is 0 Å². The molecule has 0 aliphatic carbocycles. The summed E-state index contributed by atoms with van der Waals surface area (Å²) in [6.07, 6.45) is 0. The molecule has 0 N–H and O–H groups in total. The molecule has 4 rings (SSSR count). The maximum atomic E-state index is 13.5. The molecule has 2 amide bonds.